The highest BCUT2D eigenvalue weighted by molar-refractivity contribution is 9.10. The number of benzene rings is 2. The first-order chi connectivity index (χ1) is 15.2. The number of sulfone groups is 1. The van der Waals surface area contributed by atoms with Gasteiger partial charge in [-0.1, -0.05) is 18.2 Å². The van der Waals surface area contributed by atoms with Gasteiger partial charge in [0.05, 0.1) is 4.47 Å². The number of carbonyl (C=O) groups is 1. The maximum absolute atomic E-state index is 13.0. The summed E-state index contributed by atoms with van der Waals surface area (Å²) in [5, 5.41) is 11.3. The summed E-state index contributed by atoms with van der Waals surface area (Å²) in [6.07, 6.45) is 2.31. The minimum atomic E-state index is -3.60. The summed E-state index contributed by atoms with van der Waals surface area (Å²) in [4.78, 5) is 16.1. The SMILES string of the molecule is CS(=O)(=O)c1nsc(NC(=O)/C(C#N)=C\c2ccc(OCc3ccc(F)cc3)c(Br)c2)n1. The van der Waals surface area contributed by atoms with Crippen LogP contribution in [0.15, 0.2) is 57.7 Å². The van der Waals surface area contributed by atoms with E-state index in [1.807, 2.05) is 0 Å². The van der Waals surface area contributed by atoms with E-state index in [1.54, 1.807) is 36.4 Å². The molecule has 1 amide bonds. The molecule has 0 bridgehead atoms. The highest BCUT2D eigenvalue weighted by atomic mass is 79.9. The van der Waals surface area contributed by atoms with Gasteiger partial charge in [0.1, 0.15) is 29.8 Å². The molecule has 0 aliphatic carbocycles. The van der Waals surface area contributed by atoms with Crippen molar-refractivity contribution < 1.29 is 22.3 Å². The number of halogens is 2. The topological polar surface area (TPSA) is 122 Å². The molecule has 1 heterocycles. The lowest BCUT2D eigenvalue weighted by Gasteiger charge is -2.09. The van der Waals surface area contributed by atoms with Gasteiger partial charge < -0.3 is 4.74 Å². The summed E-state index contributed by atoms with van der Waals surface area (Å²) in [7, 11) is -3.60. The van der Waals surface area contributed by atoms with Crippen LogP contribution in [0, 0.1) is 17.1 Å². The third-order valence-electron chi connectivity index (χ3n) is 3.90. The monoisotopic (exact) mass is 536 g/mol. The second kappa shape index (κ2) is 9.99. The minimum absolute atomic E-state index is 0.0395. The Bertz CT molecular complexity index is 1330. The first-order valence-electron chi connectivity index (χ1n) is 8.79. The van der Waals surface area contributed by atoms with Gasteiger partial charge in [0.15, 0.2) is 0 Å². The molecule has 0 spiro atoms. The number of amides is 1. The molecule has 12 heteroatoms. The fourth-order valence-electron chi connectivity index (χ4n) is 2.36. The van der Waals surface area contributed by atoms with Crippen LogP contribution in [0.2, 0.25) is 0 Å². The number of nitrogens with zero attached hydrogens (tertiary/aromatic N) is 3. The summed E-state index contributed by atoms with van der Waals surface area (Å²) in [6.45, 7) is 0.233. The molecule has 3 rings (SSSR count). The zero-order chi connectivity index (χ0) is 23.3. The fraction of sp³-hybridized carbons (Fsp3) is 0.100. The average molecular weight is 537 g/mol. The van der Waals surface area contributed by atoms with Crippen molar-refractivity contribution in [2.24, 2.45) is 0 Å². The second-order valence-corrected chi connectivity index (χ2v) is 9.90. The molecule has 1 N–H and O–H groups in total. The predicted octanol–water partition coefficient (Wildman–Crippen LogP) is 3.97. The molecule has 32 heavy (non-hydrogen) atoms. The van der Waals surface area contributed by atoms with Crippen molar-refractivity contribution in [3.63, 3.8) is 0 Å². The van der Waals surface area contributed by atoms with Crippen LogP contribution in [-0.4, -0.2) is 29.9 Å². The quantitative estimate of drug-likeness (QED) is 0.358. The van der Waals surface area contributed by atoms with E-state index >= 15 is 0 Å². The lowest BCUT2D eigenvalue weighted by molar-refractivity contribution is -0.112. The lowest BCUT2D eigenvalue weighted by Crippen LogP contribution is -2.13. The van der Waals surface area contributed by atoms with Gasteiger partial charge in [-0.2, -0.15) is 14.6 Å². The van der Waals surface area contributed by atoms with Crippen LogP contribution in [0.1, 0.15) is 11.1 Å². The van der Waals surface area contributed by atoms with E-state index in [4.69, 9.17) is 4.74 Å². The van der Waals surface area contributed by atoms with Crippen molar-refractivity contribution in [3.8, 4) is 11.8 Å². The van der Waals surface area contributed by atoms with Crippen molar-refractivity contribution in [2.45, 2.75) is 11.8 Å². The van der Waals surface area contributed by atoms with E-state index in [2.05, 4.69) is 30.6 Å². The van der Waals surface area contributed by atoms with E-state index in [1.165, 1.54) is 18.2 Å². The lowest BCUT2D eigenvalue weighted by atomic mass is 10.1. The number of anilines is 1. The summed E-state index contributed by atoms with van der Waals surface area (Å²) in [5.41, 5.74) is 1.13. The van der Waals surface area contributed by atoms with Crippen molar-refractivity contribution in [1.82, 2.24) is 9.36 Å². The number of nitrogens with one attached hydrogen (secondary N) is 1. The summed E-state index contributed by atoms with van der Waals surface area (Å²) in [6, 6.07) is 12.7. The Kier molecular flexibility index (Phi) is 7.34. The molecule has 8 nitrogen and oxygen atoms in total. The van der Waals surface area contributed by atoms with Crippen molar-refractivity contribution in [1.29, 1.82) is 5.26 Å². The smallest absolute Gasteiger partial charge is 0.268 e. The molecule has 164 valence electrons. The number of hydrogen-bond acceptors (Lipinski definition) is 8. The van der Waals surface area contributed by atoms with Gasteiger partial charge >= 0.3 is 0 Å². The van der Waals surface area contributed by atoms with Crippen LogP contribution in [0.3, 0.4) is 0 Å². The Hall–Kier alpha value is -3.14. The molecule has 0 fully saturated rings. The zero-order valence-electron chi connectivity index (χ0n) is 16.4. The van der Waals surface area contributed by atoms with Gasteiger partial charge in [-0.15, -0.1) is 0 Å². The maximum atomic E-state index is 13.0. The van der Waals surface area contributed by atoms with Crippen LogP contribution in [-0.2, 0) is 21.2 Å². The molecule has 0 radical (unpaired) electrons. The predicted molar refractivity (Wildman–Crippen MR) is 120 cm³/mol. The molecule has 0 aliphatic heterocycles. The largest absolute Gasteiger partial charge is 0.488 e. The Labute approximate surface area is 195 Å². The van der Waals surface area contributed by atoms with Crippen molar-refractivity contribution in [2.75, 3.05) is 11.6 Å². The van der Waals surface area contributed by atoms with Gasteiger partial charge in [-0.25, -0.2) is 12.8 Å². The number of hydrogen-bond donors (Lipinski definition) is 1. The number of rotatable bonds is 7. The van der Waals surface area contributed by atoms with Crippen molar-refractivity contribution in [3.05, 3.63) is 69.5 Å². The molecule has 0 saturated carbocycles. The number of nitriles is 1. The van der Waals surface area contributed by atoms with Gasteiger partial charge in [-0.3, -0.25) is 10.1 Å². The Balaban J connectivity index is 1.70. The van der Waals surface area contributed by atoms with E-state index < -0.39 is 20.9 Å². The number of carbonyl (C=O) groups excluding carboxylic acids is 1. The number of ether oxygens (including phenoxy) is 1. The first-order valence-corrected chi connectivity index (χ1v) is 12.2. The van der Waals surface area contributed by atoms with E-state index in [0.717, 1.165) is 11.8 Å². The van der Waals surface area contributed by atoms with Gasteiger partial charge in [0, 0.05) is 17.8 Å². The highest BCUT2D eigenvalue weighted by Crippen LogP contribution is 2.28. The van der Waals surface area contributed by atoms with Crippen LogP contribution < -0.4 is 10.1 Å². The Morgan fingerprint density at radius 1 is 1.31 bits per heavy atom. The van der Waals surface area contributed by atoms with Gasteiger partial charge in [0.25, 0.3) is 11.1 Å². The normalized spacial score (nSPS) is 11.6. The molecule has 1 aromatic heterocycles. The highest BCUT2D eigenvalue weighted by Gasteiger charge is 2.17. The van der Waals surface area contributed by atoms with Gasteiger partial charge in [-0.05, 0) is 57.4 Å². The van der Waals surface area contributed by atoms with Crippen LogP contribution in [0.25, 0.3) is 6.08 Å². The molecule has 0 aliphatic rings. The van der Waals surface area contributed by atoms with E-state index in [9.17, 15) is 22.9 Å². The van der Waals surface area contributed by atoms with Crippen molar-refractivity contribution >= 4 is 54.4 Å². The molecule has 3 aromatic rings. The maximum Gasteiger partial charge on any atom is 0.268 e. The number of aromatic nitrogens is 2. The summed E-state index contributed by atoms with van der Waals surface area (Å²) in [5.74, 6) is -0.557. The molecule has 0 atom stereocenters. The second-order valence-electron chi connectivity index (χ2n) is 6.38. The molecular weight excluding hydrogens is 523 g/mol. The van der Waals surface area contributed by atoms with Crippen LogP contribution in [0.5, 0.6) is 5.75 Å². The Morgan fingerprint density at radius 3 is 2.62 bits per heavy atom. The zero-order valence-corrected chi connectivity index (χ0v) is 19.6. The molecule has 0 saturated heterocycles. The fourth-order valence-corrected chi connectivity index (χ4v) is 4.31. The first kappa shape index (κ1) is 23.5. The Morgan fingerprint density at radius 2 is 2.03 bits per heavy atom. The minimum Gasteiger partial charge on any atom is -0.488 e. The van der Waals surface area contributed by atoms with E-state index in [-0.39, 0.29) is 23.1 Å². The molecule has 0 unspecified atom stereocenters. The summed E-state index contributed by atoms with van der Waals surface area (Å²) >= 11 is 4.08. The van der Waals surface area contributed by atoms with Crippen LogP contribution in [0.4, 0.5) is 9.52 Å². The van der Waals surface area contributed by atoms with Gasteiger partial charge in [0.2, 0.25) is 15.0 Å². The average Bonchev–Trinajstić information content (AvgIpc) is 3.21. The standard InChI is InChI=1S/C20H14BrFN4O4S2/c1-32(28,29)20-25-19(31-26-20)24-18(27)14(10-23)8-13-4-7-17(16(21)9-13)30-11-12-2-5-15(22)6-3-12/h2-9H,11H2,1H3,(H,24,25,26,27)/b14-8-. The molecular formula is C20H14BrFN4O4S2. The molecule has 2 aromatic carbocycles. The van der Waals surface area contributed by atoms with Crippen LogP contribution >= 0.6 is 27.5 Å². The third kappa shape index (κ3) is 6.19. The summed E-state index contributed by atoms with van der Waals surface area (Å²) < 4.78 is 45.8. The van der Waals surface area contributed by atoms with E-state index in [0.29, 0.717) is 27.3 Å². The third-order valence-corrected chi connectivity index (χ3v) is 6.11.